The summed E-state index contributed by atoms with van der Waals surface area (Å²) >= 11 is 6.72. The molecule has 4 nitrogen and oxygen atoms in total. The van der Waals surface area contributed by atoms with Crippen molar-refractivity contribution in [1.82, 2.24) is 14.5 Å². The highest BCUT2D eigenvalue weighted by Crippen LogP contribution is 2.24. The first-order valence-corrected chi connectivity index (χ1v) is 7.36. The van der Waals surface area contributed by atoms with Crippen LogP contribution in [0.1, 0.15) is 12.8 Å². The van der Waals surface area contributed by atoms with E-state index in [-0.39, 0.29) is 5.56 Å². The molecule has 0 aliphatic heterocycles. The van der Waals surface area contributed by atoms with Gasteiger partial charge in [-0.05, 0) is 43.6 Å². The standard InChI is InChI=1S/C12H15N3OS2/c1-14(8-2-3-8)5-6-15-11(16)10-9(4-7-18-10)13-12(15)17/h4,7-8H,2-3,5-6H2,1H3,(H,13,17). The Balaban J connectivity index is 1.90. The number of aromatic amines is 1. The molecule has 0 unspecified atom stereocenters. The molecule has 1 N–H and O–H groups in total. The molecule has 1 saturated carbocycles. The molecular formula is C12H15N3OS2. The zero-order chi connectivity index (χ0) is 12.7. The summed E-state index contributed by atoms with van der Waals surface area (Å²) < 4.78 is 2.96. The molecule has 0 aromatic carbocycles. The minimum absolute atomic E-state index is 0.0351. The third-order valence-electron chi connectivity index (χ3n) is 3.44. The van der Waals surface area contributed by atoms with Crippen molar-refractivity contribution in [2.24, 2.45) is 0 Å². The van der Waals surface area contributed by atoms with Crippen LogP contribution in [0.3, 0.4) is 0 Å². The lowest BCUT2D eigenvalue weighted by Crippen LogP contribution is -2.30. The number of nitrogens with zero attached hydrogens (tertiary/aromatic N) is 2. The van der Waals surface area contributed by atoms with E-state index in [1.54, 1.807) is 4.57 Å². The van der Waals surface area contributed by atoms with Gasteiger partial charge in [-0.2, -0.15) is 0 Å². The predicted molar refractivity (Wildman–Crippen MR) is 76.9 cm³/mol. The van der Waals surface area contributed by atoms with E-state index in [0.29, 0.717) is 17.4 Å². The number of H-pyrrole nitrogens is 1. The highest BCUT2D eigenvalue weighted by molar-refractivity contribution is 7.71. The molecule has 0 atom stereocenters. The Morgan fingerprint density at radius 1 is 1.61 bits per heavy atom. The summed E-state index contributed by atoms with van der Waals surface area (Å²) in [6.07, 6.45) is 2.56. The first-order valence-electron chi connectivity index (χ1n) is 6.07. The lowest BCUT2D eigenvalue weighted by Gasteiger charge is -2.16. The van der Waals surface area contributed by atoms with Crippen LogP contribution in [0.5, 0.6) is 0 Å². The molecule has 0 bridgehead atoms. The van der Waals surface area contributed by atoms with Gasteiger partial charge in [0.05, 0.1) is 5.52 Å². The van der Waals surface area contributed by atoms with Gasteiger partial charge < -0.3 is 9.88 Å². The average molecular weight is 281 g/mol. The lowest BCUT2D eigenvalue weighted by atomic mass is 10.4. The van der Waals surface area contributed by atoms with Crippen molar-refractivity contribution in [3.63, 3.8) is 0 Å². The fourth-order valence-electron chi connectivity index (χ4n) is 2.13. The maximum absolute atomic E-state index is 12.3. The Morgan fingerprint density at radius 3 is 3.11 bits per heavy atom. The molecule has 2 aromatic heterocycles. The Kier molecular flexibility index (Phi) is 3.09. The Hall–Kier alpha value is -0.980. The van der Waals surface area contributed by atoms with Crippen molar-refractivity contribution in [3.8, 4) is 0 Å². The van der Waals surface area contributed by atoms with Crippen LogP contribution < -0.4 is 5.56 Å². The highest BCUT2D eigenvalue weighted by atomic mass is 32.1. The third kappa shape index (κ3) is 2.15. The fraction of sp³-hybridized carbons (Fsp3) is 0.500. The zero-order valence-corrected chi connectivity index (χ0v) is 11.8. The minimum Gasteiger partial charge on any atom is -0.331 e. The Morgan fingerprint density at radius 2 is 2.39 bits per heavy atom. The molecule has 3 rings (SSSR count). The second-order valence-corrected chi connectivity index (χ2v) is 6.06. The van der Waals surface area contributed by atoms with Gasteiger partial charge in [-0.3, -0.25) is 9.36 Å². The number of rotatable bonds is 4. The first-order chi connectivity index (χ1) is 8.66. The lowest BCUT2D eigenvalue weighted by molar-refractivity contribution is 0.306. The van der Waals surface area contributed by atoms with Gasteiger partial charge in [-0.25, -0.2) is 0 Å². The molecule has 1 fully saturated rings. The molecule has 2 heterocycles. The molecule has 2 aromatic rings. The van der Waals surface area contributed by atoms with Crippen LogP contribution in [0.2, 0.25) is 0 Å². The molecule has 1 aliphatic rings. The van der Waals surface area contributed by atoms with Gasteiger partial charge >= 0.3 is 0 Å². The van der Waals surface area contributed by atoms with Crippen LogP contribution >= 0.6 is 23.6 Å². The van der Waals surface area contributed by atoms with Crippen molar-refractivity contribution in [2.75, 3.05) is 13.6 Å². The van der Waals surface area contributed by atoms with Gasteiger partial charge in [-0.1, -0.05) is 0 Å². The number of likely N-dealkylation sites (N-methyl/N-ethyl adjacent to an activating group) is 1. The van der Waals surface area contributed by atoms with Crippen molar-refractivity contribution < 1.29 is 0 Å². The number of fused-ring (bicyclic) bond motifs is 1. The van der Waals surface area contributed by atoms with Crippen LogP contribution in [0, 0.1) is 4.77 Å². The second kappa shape index (κ2) is 4.60. The van der Waals surface area contributed by atoms with Gasteiger partial charge in [0.25, 0.3) is 5.56 Å². The molecule has 1 aliphatic carbocycles. The van der Waals surface area contributed by atoms with Crippen LogP contribution in [0.4, 0.5) is 0 Å². The number of hydrogen-bond donors (Lipinski definition) is 1. The Bertz CT molecular complexity index is 680. The molecular weight excluding hydrogens is 266 g/mol. The van der Waals surface area contributed by atoms with Crippen molar-refractivity contribution in [2.45, 2.75) is 25.4 Å². The van der Waals surface area contributed by atoms with E-state index >= 15 is 0 Å². The van der Waals surface area contributed by atoms with E-state index in [2.05, 4.69) is 16.9 Å². The van der Waals surface area contributed by atoms with E-state index in [9.17, 15) is 4.79 Å². The largest absolute Gasteiger partial charge is 0.331 e. The van der Waals surface area contributed by atoms with Gasteiger partial charge in [0.15, 0.2) is 4.77 Å². The Labute approximate surface area is 114 Å². The van der Waals surface area contributed by atoms with Crippen molar-refractivity contribution in [1.29, 1.82) is 0 Å². The number of thiophene rings is 1. The third-order valence-corrected chi connectivity index (χ3v) is 4.66. The number of hydrogen-bond acceptors (Lipinski definition) is 4. The van der Waals surface area contributed by atoms with Crippen LogP contribution in [-0.4, -0.2) is 34.1 Å². The van der Waals surface area contributed by atoms with E-state index in [1.807, 2.05) is 11.4 Å². The summed E-state index contributed by atoms with van der Waals surface area (Å²) in [6.45, 7) is 1.54. The minimum atomic E-state index is 0.0351. The summed E-state index contributed by atoms with van der Waals surface area (Å²) in [4.78, 5) is 17.7. The van der Waals surface area contributed by atoms with E-state index in [0.717, 1.165) is 16.8 Å². The highest BCUT2D eigenvalue weighted by Gasteiger charge is 2.25. The number of aromatic nitrogens is 2. The number of nitrogens with one attached hydrogen (secondary N) is 1. The fourth-order valence-corrected chi connectivity index (χ4v) is 3.21. The van der Waals surface area contributed by atoms with Gasteiger partial charge in [0.2, 0.25) is 0 Å². The van der Waals surface area contributed by atoms with Crippen LogP contribution in [-0.2, 0) is 6.54 Å². The summed E-state index contributed by atoms with van der Waals surface area (Å²) in [7, 11) is 2.11. The smallest absolute Gasteiger partial charge is 0.272 e. The second-order valence-electron chi connectivity index (χ2n) is 4.76. The van der Waals surface area contributed by atoms with E-state index in [4.69, 9.17) is 12.2 Å². The molecule has 6 heteroatoms. The summed E-state index contributed by atoms with van der Waals surface area (Å²) in [5, 5.41) is 1.91. The SMILES string of the molecule is CN(CCn1c(=S)[nH]c2ccsc2c1=O)C1CC1. The molecule has 0 spiro atoms. The van der Waals surface area contributed by atoms with Gasteiger partial charge in [0, 0.05) is 19.1 Å². The first kappa shape index (κ1) is 12.1. The van der Waals surface area contributed by atoms with Gasteiger partial charge in [-0.15, -0.1) is 11.3 Å². The topological polar surface area (TPSA) is 41.0 Å². The van der Waals surface area contributed by atoms with Crippen LogP contribution in [0.15, 0.2) is 16.2 Å². The molecule has 96 valence electrons. The molecule has 0 saturated heterocycles. The van der Waals surface area contributed by atoms with E-state index in [1.165, 1.54) is 24.2 Å². The monoisotopic (exact) mass is 281 g/mol. The molecule has 18 heavy (non-hydrogen) atoms. The van der Waals surface area contributed by atoms with Crippen molar-refractivity contribution in [3.05, 3.63) is 26.6 Å². The zero-order valence-electron chi connectivity index (χ0n) is 10.2. The van der Waals surface area contributed by atoms with Gasteiger partial charge in [0.1, 0.15) is 4.70 Å². The summed E-state index contributed by atoms with van der Waals surface area (Å²) in [5.74, 6) is 0. The average Bonchev–Trinajstić information content (AvgIpc) is 3.08. The maximum atomic E-state index is 12.3. The van der Waals surface area contributed by atoms with Crippen LogP contribution in [0.25, 0.3) is 10.2 Å². The summed E-state index contributed by atoms with van der Waals surface area (Å²) in [5.41, 5.74) is 0.884. The predicted octanol–water partition coefficient (Wildman–Crippen LogP) is 2.21. The maximum Gasteiger partial charge on any atom is 0.272 e. The van der Waals surface area contributed by atoms with Crippen molar-refractivity contribution >= 4 is 33.8 Å². The quantitative estimate of drug-likeness (QED) is 0.874. The van der Waals surface area contributed by atoms with E-state index < -0.39 is 0 Å². The molecule has 0 radical (unpaired) electrons. The molecule has 0 amide bonds. The normalized spacial score (nSPS) is 15.7. The summed E-state index contributed by atoms with van der Waals surface area (Å²) in [6, 6.07) is 2.61.